The van der Waals surface area contributed by atoms with Gasteiger partial charge in [-0.25, -0.2) is 4.79 Å². The molecule has 0 radical (unpaired) electrons. The molecular weight excluding hydrogens is 328 g/mol. The Morgan fingerprint density at radius 3 is 2.58 bits per heavy atom. The van der Waals surface area contributed by atoms with Gasteiger partial charge in [-0.3, -0.25) is 4.40 Å². The first-order valence-corrected chi connectivity index (χ1v) is 8.45. The summed E-state index contributed by atoms with van der Waals surface area (Å²) in [5.41, 5.74) is 5.66. The molecule has 3 aromatic heterocycles. The zero-order valence-corrected chi connectivity index (χ0v) is 14.9. The highest BCUT2D eigenvalue weighted by atomic mass is 16.2. The van der Waals surface area contributed by atoms with Gasteiger partial charge in [0.15, 0.2) is 5.65 Å². The van der Waals surface area contributed by atoms with E-state index in [9.17, 15) is 4.79 Å². The lowest BCUT2D eigenvalue weighted by atomic mass is 10.2. The molecule has 0 saturated carbocycles. The summed E-state index contributed by atoms with van der Waals surface area (Å²) < 4.78 is 4.22. The van der Waals surface area contributed by atoms with Crippen LogP contribution in [0, 0.1) is 13.8 Å². The van der Waals surface area contributed by atoms with Gasteiger partial charge < -0.3 is 15.2 Å². The smallest absolute Gasteiger partial charge is 0.319 e. The number of carbonyl (C=O) groups is 1. The average Bonchev–Trinajstić information content (AvgIpc) is 3.17. The third-order valence-electron chi connectivity index (χ3n) is 4.57. The normalized spacial score (nSPS) is 11.2. The van der Waals surface area contributed by atoms with Crippen LogP contribution in [0.2, 0.25) is 0 Å². The molecule has 0 atom stereocenters. The topological polar surface area (TPSA) is 76.2 Å². The van der Waals surface area contributed by atoms with E-state index in [1.54, 1.807) is 7.05 Å². The Morgan fingerprint density at radius 1 is 1.08 bits per heavy atom. The van der Waals surface area contributed by atoms with E-state index in [2.05, 4.69) is 50.5 Å². The maximum Gasteiger partial charge on any atom is 0.319 e. The van der Waals surface area contributed by atoms with Crippen LogP contribution in [0.4, 0.5) is 10.5 Å². The van der Waals surface area contributed by atoms with Crippen molar-refractivity contribution in [3.05, 3.63) is 59.5 Å². The Bertz CT molecular complexity index is 1110. The molecule has 3 heterocycles. The van der Waals surface area contributed by atoms with Gasteiger partial charge in [-0.15, -0.1) is 10.2 Å². The minimum Gasteiger partial charge on any atom is -0.341 e. The molecule has 2 amide bonds. The fourth-order valence-electron chi connectivity index (χ4n) is 3.29. The van der Waals surface area contributed by atoms with Crippen LogP contribution in [0.5, 0.6) is 0 Å². The van der Waals surface area contributed by atoms with Gasteiger partial charge in [-0.1, -0.05) is 30.3 Å². The van der Waals surface area contributed by atoms with Gasteiger partial charge in [-0.05, 0) is 31.5 Å². The van der Waals surface area contributed by atoms with Crippen molar-refractivity contribution in [1.29, 1.82) is 0 Å². The molecule has 0 aliphatic carbocycles. The van der Waals surface area contributed by atoms with Crippen molar-refractivity contribution in [1.82, 2.24) is 24.5 Å². The molecular formula is C19H20N6O. The van der Waals surface area contributed by atoms with Crippen LogP contribution in [-0.2, 0) is 6.54 Å². The van der Waals surface area contributed by atoms with Gasteiger partial charge in [0, 0.05) is 19.3 Å². The van der Waals surface area contributed by atoms with Crippen LogP contribution in [0.15, 0.2) is 42.5 Å². The zero-order chi connectivity index (χ0) is 18.3. The van der Waals surface area contributed by atoms with Gasteiger partial charge >= 0.3 is 6.03 Å². The Balaban J connectivity index is 1.95. The Morgan fingerprint density at radius 2 is 1.85 bits per heavy atom. The van der Waals surface area contributed by atoms with Crippen molar-refractivity contribution >= 4 is 28.4 Å². The minimum atomic E-state index is -0.287. The second-order valence-corrected chi connectivity index (χ2v) is 6.30. The molecule has 4 aromatic rings. The first kappa shape index (κ1) is 16.1. The third kappa shape index (κ3) is 2.57. The Labute approximate surface area is 150 Å². The monoisotopic (exact) mass is 348 g/mol. The van der Waals surface area contributed by atoms with Crippen LogP contribution >= 0.6 is 0 Å². The van der Waals surface area contributed by atoms with Gasteiger partial charge in [-0.2, -0.15) is 0 Å². The summed E-state index contributed by atoms with van der Waals surface area (Å²) in [6, 6.07) is 14.1. The van der Waals surface area contributed by atoms with E-state index in [1.165, 1.54) is 5.56 Å². The summed E-state index contributed by atoms with van der Waals surface area (Å²) in [5.74, 6) is 0.780. The number of carbonyl (C=O) groups excluding carboxylic acids is 1. The predicted molar refractivity (Wildman–Crippen MR) is 102 cm³/mol. The van der Waals surface area contributed by atoms with Crippen LogP contribution in [0.25, 0.3) is 16.7 Å². The molecule has 2 N–H and O–H groups in total. The van der Waals surface area contributed by atoms with E-state index in [0.717, 1.165) is 29.1 Å². The van der Waals surface area contributed by atoms with Gasteiger partial charge in [0.25, 0.3) is 0 Å². The maximum atomic E-state index is 11.9. The SMILES string of the molecule is CNC(=O)Nc1cc2c(cc(C)n2Cc2ccccc2)n2c(C)nnc12. The average molecular weight is 348 g/mol. The molecule has 26 heavy (non-hydrogen) atoms. The Kier molecular flexibility index (Phi) is 3.84. The van der Waals surface area contributed by atoms with Crippen molar-refractivity contribution in [2.24, 2.45) is 0 Å². The number of amides is 2. The molecule has 0 spiro atoms. The molecule has 4 rings (SSSR count). The fourth-order valence-corrected chi connectivity index (χ4v) is 3.29. The highest BCUT2D eigenvalue weighted by Gasteiger charge is 2.17. The van der Waals surface area contributed by atoms with Crippen LogP contribution in [-0.4, -0.2) is 32.2 Å². The number of benzene rings is 1. The minimum absolute atomic E-state index is 0.287. The number of hydrogen-bond donors (Lipinski definition) is 2. The number of nitrogens with zero attached hydrogens (tertiary/aromatic N) is 4. The van der Waals surface area contributed by atoms with Crippen molar-refractivity contribution < 1.29 is 4.79 Å². The number of pyridine rings is 1. The quantitative estimate of drug-likeness (QED) is 0.597. The lowest BCUT2D eigenvalue weighted by Gasteiger charge is -2.11. The van der Waals surface area contributed by atoms with E-state index >= 15 is 0 Å². The standard InChI is InChI=1S/C19H20N6O/c1-12-9-17-16(24(12)11-14-7-5-4-6-8-14)10-15(21-19(26)20-3)18-23-22-13(2)25(17)18/h4-10H,11H2,1-3H3,(H2,20,21,26). The van der Waals surface area contributed by atoms with Gasteiger partial charge in [0.2, 0.25) is 0 Å². The summed E-state index contributed by atoms with van der Waals surface area (Å²) in [5, 5.41) is 13.9. The molecule has 1 aromatic carbocycles. The van der Waals surface area contributed by atoms with Crippen molar-refractivity contribution in [2.75, 3.05) is 12.4 Å². The molecule has 0 unspecified atom stereocenters. The van der Waals surface area contributed by atoms with Crippen LogP contribution in [0.3, 0.4) is 0 Å². The van der Waals surface area contributed by atoms with E-state index < -0.39 is 0 Å². The van der Waals surface area contributed by atoms with E-state index in [4.69, 9.17) is 0 Å². The molecule has 0 fully saturated rings. The molecule has 132 valence electrons. The first-order valence-electron chi connectivity index (χ1n) is 8.45. The largest absolute Gasteiger partial charge is 0.341 e. The predicted octanol–water partition coefficient (Wildman–Crippen LogP) is 3.10. The first-order chi connectivity index (χ1) is 12.6. The van der Waals surface area contributed by atoms with E-state index in [-0.39, 0.29) is 6.03 Å². The number of fused-ring (bicyclic) bond motifs is 3. The van der Waals surface area contributed by atoms with Crippen LogP contribution in [0.1, 0.15) is 17.1 Å². The molecule has 0 aliphatic rings. The van der Waals surface area contributed by atoms with Crippen molar-refractivity contribution in [3.8, 4) is 0 Å². The molecule has 0 bridgehead atoms. The second kappa shape index (κ2) is 6.18. The summed E-state index contributed by atoms with van der Waals surface area (Å²) in [4.78, 5) is 11.9. The summed E-state index contributed by atoms with van der Waals surface area (Å²) in [6.45, 7) is 4.75. The number of urea groups is 1. The second-order valence-electron chi connectivity index (χ2n) is 6.30. The van der Waals surface area contributed by atoms with Crippen LogP contribution < -0.4 is 10.6 Å². The highest BCUT2D eigenvalue weighted by molar-refractivity contribution is 5.97. The van der Waals surface area contributed by atoms with Crippen molar-refractivity contribution in [2.45, 2.75) is 20.4 Å². The lowest BCUT2D eigenvalue weighted by Crippen LogP contribution is -2.24. The van der Waals surface area contributed by atoms with E-state index in [0.29, 0.717) is 11.3 Å². The lowest BCUT2D eigenvalue weighted by molar-refractivity contribution is 0.254. The molecule has 0 saturated heterocycles. The number of hydrogen-bond acceptors (Lipinski definition) is 3. The maximum absolute atomic E-state index is 11.9. The number of nitrogens with one attached hydrogen (secondary N) is 2. The molecule has 0 aliphatic heterocycles. The summed E-state index contributed by atoms with van der Waals surface area (Å²) in [6.07, 6.45) is 0. The Hall–Kier alpha value is -3.35. The summed E-state index contributed by atoms with van der Waals surface area (Å²) >= 11 is 0. The molecule has 7 heteroatoms. The van der Waals surface area contributed by atoms with E-state index in [1.807, 2.05) is 35.6 Å². The highest BCUT2D eigenvalue weighted by Crippen LogP contribution is 2.28. The fraction of sp³-hybridized carbons (Fsp3) is 0.211. The number of aryl methyl sites for hydroxylation is 2. The third-order valence-corrected chi connectivity index (χ3v) is 4.57. The summed E-state index contributed by atoms with van der Waals surface area (Å²) in [7, 11) is 1.59. The molecule has 7 nitrogen and oxygen atoms in total. The zero-order valence-electron chi connectivity index (χ0n) is 14.9. The number of aromatic nitrogens is 4. The van der Waals surface area contributed by atoms with Gasteiger partial charge in [0.1, 0.15) is 5.82 Å². The van der Waals surface area contributed by atoms with Gasteiger partial charge in [0.05, 0.1) is 16.7 Å². The number of rotatable bonds is 3. The van der Waals surface area contributed by atoms with Crippen molar-refractivity contribution in [3.63, 3.8) is 0 Å². The number of anilines is 1.